The highest BCUT2D eigenvalue weighted by Gasteiger charge is 2.21. The molecule has 0 saturated carbocycles. The second-order valence-corrected chi connectivity index (χ2v) is 7.22. The van der Waals surface area contributed by atoms with Gasteiger partial charge in [-0.15, -0.1) is 22.7 Å². The topological polar surface area (TPSA) is 12.0 Å². The molecule has 96 valence electrons. The molecule has 2 heterocycles. The average Bonchev–Trinajstić information content (AvgIpc) is 3.00. The Hall–Kier alpha value is -0.640. The van der Waals surface area contributed by atoms with Gasteiger partial charge >= 0.3 is 0 Å². The Bertz CT molecular complexity index is 517. The van der Waals surface area contributed by atoms with Crippen molar-refractivity contribution in [2.45, 2.75) is 39.2 Å². The zero-order chi connectivity index (χ0) is 12.5. The zero-order valence-corrected chi connectivity index (χ0v) is 12.6. The Balaban J connectivity index is 1.93. The molecule has 0 fully saturated rings. The summed E-state index contributed by atoms with van der Waals surface area (Å²) in [7, 11) is 0. The molecule has 1 aliphatic rings. The molecule has 0 spiro atoms. The van der Waals surface area contributed by atoms with Gasteiger partial charge in [0.05, 0.1) is 6.04 Å². The van der Waals surface area contributed by atoms with Gasteiger partial charge in [0.1, 0.15) is 0 Å². The van der Waals surface area contributed by atoms with Crippen LogP contribution in [0, 0.1) is 6.92 Å². The molecule has 0 amide bonds. The van der Waals surface area contributed by atoms with Crippen molar-refractivity contribution in [2.24, 2.45) is 0 Å². The molecular weight excluding hydrogens is 258 g/mol. The molecule has 2 aromatic rings. The molecule has 1 atom stereocenters. The molecule has 1 unspecified atom stereocenters. The molecule has 1 nitrogen and oxygen atoms in total. The van der Waals surface area contributed by atoms with E-state index in [-0.39, 0.29) is 0 Å². The van der Waals surface area contributed by atoms with Crippen molar-refractivity contribution < 1.29 is 0 Å². The van der Waals surface area contributed by atoms with E-state index in [1.807, 2.05) is 22.7 Å². The summed E-state index contributed by atoms with van der Waals surface area (Å²) in [4.78, 5) is 4.52. The number of fused-ring (bicyclic) bond motifs is 1. The number of nitrogens with one attached hydrogen (secondary N) is 1. The zero-order valence-electron chi connectivity index (χ0n) is 11.0. The molecular formula is C15H19NS2. The van der Waals surface area contributed by atoms with Gasteiger partial charge in [-0.1, -0.05) is 6.92 Å². The molecule has 1 N–H and O–H groups in total. The van der Waals surface area contributed by atoms with Gasteiger partial charge in [0.25, 0.3) is 0 Å². The minimum Gasteiger partial charge on any atom is -0.306 e. The summed E-state index contributed by atoms with van der Waals surface area (Å²) in [5.41, 5.74) is 3.03. The SMILES string of the molecule is CCNC(c1csc(C)c1)c1cc2c(s1)CCC2. The van der Waals surface area contributed by atoms with E-state index in [0.717, 1.165) is 6.54 Å². The number of hydrogen-bond donors (Lipinski definition) is 1. The fourth-order valence-corrected chi connectivity index (χ4v) is 4.79. The van der Waals surface area contributed by atoms with E-state index in [4.69, 9.17) is 0 Å². The van der Waals surface area contributed by atoms with Crippen LogP contribution in [-0.2, 0) is 12.8 Å². The van der Waals surface area contributed by atoms with Crippen LogP contribution in [0.4, 0.5) is 0 Å². The third kappa shape index (κ3) is 2.27. The van der Waals surface area contributed by atoms with E-state index in [1.165, 1.54) is 34.6 Å². The van der Waals surface area contributed by atoms with Crippen molar-refractivity contribution in [1.82, 2.24) is 5.32 Å². The molecule has 0 bridgehead atoms. The van der Waals surface area contributed by atoms with Crippen LogP contribution in [0.3, 0.4) is 0 Å². The van der Waals surface area contributed by atoms with E-state index in [1.54, 1.807) is 10.4 Å². The van der Waals surface area contributed by atoms with Gasteiger partial charge < -0.3 is 5.32 Å². The minimum atomic E-state index is 0.399. The van der Waals surface area contributed by atoms with Gasteiger partial charge in [-0.05, 0) is 61.4 Å². The predicted octanol–water partition coefficient (Wildman–Crippen LogP) is 4.31. The average molecular weight is 277 g/mol. The normalized spacial score (nSPS) is 15.9. The molecule has 1 aliphatic carbocycles. The highest BCUT2D eigenvalue weighted by molar-refractivity contribution is 7.12. The molecule has 0 aliphatic heterocycles. The van der Waals surface area contributed by atoms with Crippen LogP contribution >= 0.6 is 22.7 Å². The summed E-state index contributed by atoms with van der Waals surface area (Å²) >= 11 is 3.86. The second kappa shape index (κ2) is 5.16. The Labute approximate surface area is 117 Å². The Morgan fingerprint density at radius 2 is 2.22 bits per heavy atom. The van der Waals surface area contributed by atoms with Gasteiger partial charge in [0, 0.05) is 14.6 Å². The second-order valence-electron chi connectivity index (χ2n) is 4.93. The summed E-state index contributed by atoms with van der Waals surface area (Å²) in [6.07, 6.45) is 3.93. The van der Waals surface area contributed by atoms with Crippen molar-refractivity contribution in [3.05, 3.63) is 43.3 Å². The monoisotopic (exact) mass is 277 g/mol. The molecule has 0 radical (unpaired) electrons. The van der Waals surface area contributed by atoms with E-state index in [0.29, 0.717) is 6.04 Å². The van der Waals surface area contributed by atoms with E-state index in [9.17, 15) is 0 Å². The van der Waals surface area contributed by atoms with Crippen LogP contribution < -0.4 is 5.32 Å². The van der Waals surface area contributed by atoms with Crippen molar-refractivity contribution in [3.63, 3.8) is 0 Å². The van der Waals surface area contributed by atoms with Gasteiger partial charge in [0.2, 0.25) is 0 Å². The first kappa shape index (κ1) is 12.4. The largest absolute Gasteiger partial charge is 0.306 e. The highest BCUT2D eigenvalue weighted by Crippen LogP contribution is 2.36. The van der Waals surface area contributed by atoms with E-state index in [2.05, 4.69) is 36.7 Å². The smallest absolute Gasteiger partial charge is 0.0679 e. The Morgan fingerprint density at radius 1 is 1.33 bits per heavy atom. The van der Waals surface area contributed by atoms with Crippen LogP contribution in [-0.4, -0.2) is 6.54 Å². The summed E-state index contributed by atoms with van der Waals surface area (Å²) in [5, 5.41) is 5.93. The summed E-state index contributed by atoms with van der Waals surface area (Å²) in [5.74, 6) is 0. The van der Waals surface area contributed by atoms with Crippen molar-refractivity contribution >= 4 is 22.7 Å². The Kier molecular flexibility index (Phi) is 3.55. The maximum atomic E-state index is 3.63. The van der Waals surface area contributed by atoms with Gasteiger partial charge in [-0.3, -0.25) is 0 Å². The standard InChI is InChI=1S/C15H19NS2/c1-3-16-15(12-7-10(2)17-9-12)14-8-11-5-4-6-13(11)18-14/h7-9,15-16H,3-6H2,1-2H3. The van der Waals surface area contributed by atoms with Crippen LogP contribution in [0.1, 0.15) is 45.1 Å². The minimum absolute atomic E-state index is 0.399. The van der Waals surface area contributed by atoms with Crippen molar-refractivity contribution in [2.75, 3.05) is 6.54 Å². The summed E-state index contributed by atoms with van der Waals surface area (Å²) in [6.45, 7) is 5.39. The lowest BCUT2D eigenvalue weighted by molar-refractivity contribution is 0.641. The predicted molar refractivity (Wildman–Crippen MR) is 80.9 cm³/mol. The lowest BCUT2D eigenvalue weighted by Gasteiger charge is -2.15. The van der Waals surface area contributed by atoms with Crippen LogP contribution in [0.2, 0.25) is 0 Å². The van der Waals surface area contributed by atoms with Crippen LogP contribution in [0.15, 0.2) is 17.5 Å². The van der Waals surface area contributed by atoms with E-state index >= 15 is 0 Å². The molecule has 18 heavy (non-hydrogen) atoms. The van der Waals surface area contributed by atoms with Gasteiger partial charge in [-0.25, -0.2) is 0 Å². The van der Waals surface area contributed by atoms with Gasteiger partial charge in [-0.2, -0.15) is 0 Å². The molecule has 2 aromatic heterocycles. The maximum Gasteiger partial charge on any atom is 0.0679 e. The first-order chi connectivity index (χ1) is 8.78. The van der Waals surface area contributed by atoms with Crippen molar-refractivity contribution in [3.8, 4) is 0 Å². The lowest BCUT2D eigenvalue weighted by Crippen LogP contribution is -2.20. The molecule has 0 aromatic carbocycles. The summed E-state index contributed by atoms with van der Waals surface area (Å²) in [6, 6.07) is 5.16. The van der Waals surface area contributed by atoms with Gasteiger partial charge in [0.15, 0.2) is 0 Å². The maximum absolute atomic E-state index is 3.63. The van der Waals surface area contributed by atoms with Crippen LogP contribution in [0.5, 0.6) is 0 Å². The van der Waals surface area contributed by atoms with Crippen LogP contribution in [0.25, 0.3) is 0 Å². The number of rotatable bonds is 4. The first-order valence-electron chi connectivity index (χ1n) is 6.68. The molecule has 3 rings (SSSR count). The number of hydrogen-bond acceptors (Lipinski definition) is 3. The molecule has 0 saturated heterocycles. The third-order valence-electron chi connectivity index (χ3n) is 3.54. The quantitative estimate of drug-likeness (QED) is 0.878. The van der Waals surface area contributed by atoms with Crippen molar-refractivity contribution in [1.29, 1.82) is 0 Å². The fraction of sp³-hybridized carbons (Fsp3) is 0.467. The highest BCUT2D eigenvalue weighted by atomic mass is 32.1. The summed E-state index contributed by atoms with van der Waals surface area (Å²) < 4.78 is 0. The first-order valence-corrected chi connectivity index (χ1v) is 8.37. The Morgan fingerprint density at radius 3 is 2.89 bits per heavy atom. The third-order valence-corrected chi connectivity index (χ3v) is 5.72. The lowest BCUT2D eigenvalue weighted by atomic mass is 10.1. The number of aryl methyl sites for hydroxylation is 3. The van der Waals surface area contributed by atoms with E-state index < -0.39 is 0 Å². The number of thiophene rings is 2. The molecule has 3 heteroatoms. The fourth-order valence-electron chi connectivity index (χ4n) is 2.70.